The van der Waals surface area contributed by atoms with E-state index in [0.717, 1.165) is 0 Å². The van der Waals surface area contributed by atoms with Crippen molar-refractivity contribution in [3.05, 3.63) is 0 Å². The lowest BCUT2D eigenvalue weighted by Crippen LogP contribution is -2.54. The number of rotatable bonds is 7. The van der Waals surface area contributed by atoms with Gasteiger partial charge in [-0.2, -0.15) is 0 Å². The van der Waals surface area contributed by atoms with Crippen LogP contribution in [-0.2, 0) is 28.7 Å². The van der Waals surface area contributed by atoms with E-state index < -0.39 is 45.5 Å². The first-order valence-electron chi connectivity index (χ1n) is 10.1. The van der Waals surface area contributed by atoms with Crippen molar-refractivity contribution >= 4 is 23.9 Å². The highest BCUT2D eigenvalue weighted by atomic mass is 16.6. The topological polar surface area (TPSA) is 86.7 Å². The summed E-state index contributed by atoms with van der Waals surface area (Å²) < 4.78 is 10.4. The lowest BCUT2D eigenvalue weighted by Gasteiger charge is -2.45. The predicted molar refractivity (Wildman–Crippen MR) is 107 cm³/mol. The van der Waals surface area contributed by atoms with Gasteiger partial charge in [-0.15, -0.1) is 0 Å². The second-order valence-electron chi connectivity index (χ2n) is 9.43. The van der Waals surface area contributed by atoms with Gasteiger partial charge in [-0.3, -0.25) is 19.2 Å². The summed E-state index contributed by atoms with van der Waals surface area (Å²) in [6.07, 6.45) is 1.11. The van der Waals surface area contributed by atoms with Gasteiger partial charge in [0, 0.05) is 0 Å². The quantitative estimate of drug-likeness (QED) is 0.451. The zero-order valence-electron chi connectivity index (χ0n) is 19.3. The van der Waals surface area contributed by atoms with Crippen LogP contribution in [0.5, 0.6) is 0 Å². The number of hydrogen-bond acceptors (Lipinski definition) is 6. The monoisotopic (exact) mass is 398 g/mol. The van der Waals surface area contributed by atoms with Crippen molar-refractivity contribution in [1.29, 1.82) is 0 Å². The molecule has 0 rings (SSSR count). The molecule has 0 unspecified atom stereocenters. The van der Waals surface area contributed by atoms with Crippen LogP contribution >= 0.6 is 0 Å². The summed E-state index contributed by atoms with van der Waals surface area (Å²) in [5, 5.41) is 0. The molecule has 0 bridgehead atoms. The molecule has 0 aliphatic carbocycles. The Bertz CT molecular complexity index is 541. The van der Waals surface area contributed by atoms with Gasteiger partial charge in [0.15, 0.2) is 0 Å². The average Bonchev–Trinajstić information content (AvgIpc) is 2.57. The van der Waals surface area contributed by atoms with Gasteiger partial charge in [0.05, 0.1) is 21.7 Å². The van der Waals surface area contributed by atoms with Gasteiger partial charge in [0.25, 0.3) is 0 Å². The summed E-state index contributed by atoms with van der Waals surface area (Å²) in [5.41, 5.74) is -4.25. The van der Waals surface area contributed by atoms with E-state index in [2.05, 4.69) is 0 Å². The third-order valence-electron chi connectivity index (χ3n) is 5.71. The van der Waals surface area contributed by atoms with Crippen LogP contribution in [0.25, 0.3) is 0 Å². The van der Waals surface area contributed by atoms with Crippen LogP contribution in [0.15, 0.2) is 0 Å². The molecule has 0 saturated carbocycles. The molecule has 0 aliphatic heterocycles. The zero-order chi connectivity index (χ0) is 22.6. The minimum atomic E-state index is -1.27. The van der Waals surface area contributed by atoms with Crippen LogP contribution in [-0.4, -0.2) is 23.9 Å². The van der Waals surface area contributed by atoms with Gasteiger partial charge in [0.2, 0.25) is 0 Å². The summed E-state index contributed by atoms with van der Waals surface area (Å²) in [4.78, 5) is 51.0. The van der Waals surface area contributed by atoms with Crippen LogP contribution in [0.1, 0.15) is 94.9 Å². The molecule has 0 radical (unpaired) electrons. The smallest absolute Gasteiger partial charge is 0.320 e. The second-order valence-corrected chi connectivity index (χ2v) is 9.43. The molecule has 28 heavy (non-hydrogen) atoms. The van der Waals surface area contributed by atoms with Crippen molar-refractivity contribution in [2.75, 3.05) is 0 Å². The fourth-order valence-corrected chi connectivity index (χ4v) is 3.49. The normalized spacial score (nSPS) is 13.1. The summed E-state index contributed by atoms with van der Waals surface area (Å²) in [7, 11) is 0. The minimum absolute atomic E-state index is 0.278. The van der Waals surface area contributed by atoms with Crippen LogP contribution in [0.2, 0.25) is 0 Å². The van der Waals surface area contributed by atoms with Gasteiger partial charge in [-0.25, -0.2) is 0 Å². The van der Waals surface area contributed by atoms with E-state index in [1.165, 1.54) is 0 Å². The molecule has 0 aromatic carbocycles. The van der Waals surface area contributed by atoms with Crippen molar-refractivity contribution in [2.45, 2.75) is 94.9 Å². The fourth-order valence-electron chi connectivity index (χ4n) is 3.49. The first-order chi connectivity index (χ1) is 12.6. The number of carbonyl (C=O) groups is 4. The van der Waals surface area contributed by atoms with Crippen LogP contribution in [0, 0.1) is 21.7 Å². The maximum atomic E-state index is 13.2. The predicted octanol–water partition coefficient (Wildman–Crippen LogP) is 4.83. The first kappa shape index (κ1) is 26.3. The minimum Gasteiger partial charge on any atom is -0.392 e. The van der Waals surface area contributed by atoms with Crippen molar-refractivity contribution in [1.82, 2.24) is 0 Å². The molecular weight excluding hydrogens is 360 g/mol. The third kappa shape index (κ3) is 5.00. The molecule has 6 nitrogen and oxygen atoms in total. The Morgan fingerprint density at radius 3 is 0.857 bits per heavy atom. The van der Waals surface area contributed by atoms with E-state index >= 15 is 0 Å². The van der Waals surface area contributed by atoms with Crippen LogP contribution < -0.4 is 0 Å². The molecule has 0 heterocycles. The number of carbonyl (C=O) groups excluding carboxylic acids is 4. The van der Waals surface area contributed by atoms with E-state index in [4.69, 9.17) is 9.47 Å². The van der Waals surface area contributed by atoms with Gasteiger partial charge >= 0.3 is 23.9 Å². The maximum absolute atomic E-state index is 13.2. The molecule has 0 aromatic heterocycles. The summed E-state index contributed by atoms with van der Waals surface area (Å²) in [5.74, 6) is -2.77. The van der Waals surface area contributed by atoms with Crippen LogP contribution in [0.3, 0.4) is 0 Å². The third-order valence-corrected chi connectivity index (χ3v) is 5.71. The Kier molecular flexibility index (Phi) is 8.62. The van der Waals surface area contributed by atoms with Crippen molar-refractivity contribution < 1.29 is 28.7 Å². The zero-order valence-corrected chi connectivity index (χ0v) is 19.3. The van der Waals surface area contributed by atoms with Gasteiger partial charge in [0.1, 0.15) is 0 Å². The van der Waals surface area contributed by atoms with Gasteiger partial charge < -0.3 is 9.47 Å². The number of hydrogen-bond donors (Lipinski definition) is 0. The molecular formula is C22H38O6. The van der Waals surface area contributed by atoms with Crippen LogP contribution in [0.4, 0.5) is 0 Å². The van der Waals surface area contributed by atoms with E-state index in [0.29, 0.717) is 0 Å². The molecule has 0 fully saturated rings. The van der Waals surface area contributed by atoms with Crippen molar-refractivity contribution in [3.8, 4) is 0 Å². The number of ether oxygens (including phenoxy) is 2. The molecule has 0 aliphatic rings. The molecule has 0 atom stereocenters. The fraction of sp³-hybridized carbons (Fsp3) is 0.818. The lowest BCUT2D eigenvalue weighted by molar-refractivity contribution is -0.193. The second kappa shape index (κ2) is 9.19. The molecule has 0 saturated heterocycles. The molecule has 0 aromatic rings. The lowest BCUT2D eigenvalue weighted by atomic mass is 9.57. The highest BCUT2D eigenvalue weighted by molar-refractivity contribution is 5.98. The molecule has 162 valence electrons. The van der Waals surface area contributed by atoms with Crippen molar-refractivity contribution in [3.63, 3.8) is 0 Å². The number of esters is 4. The Balaban J connectivity index is 6.24. The Morgan fingerprint density at radius 2 is 0.714 bits per heavy atom. The molecule has 0 amide bonds. The summed E-state index contributed by atoms with van der Waals surface area (Å²) in [6.45, 7) is 17.1. The summed E-state index contributed by atoms with van der Waals surface area (Å²) >= 11 is 0. The first-order valence-corrected chi connectivity index (χ1v) is 10.1. The maximum Gasteiger partial charge on any atom is 0.320 e. The van der Waals surface area contributed by atoms with E-state index in [9.17, 15) is 19.2 Å². The van der Waals surface area contributed by atoms with E-state index in [1.54, 1.807) is 69.2 Å². The van der Waals surface area contributed by atoms with Gasteiger partial charge in [-0.1, -0.05) is 27.7 Å². The highest BCUT2D eigenvalue weighted by Crippen LogP contribution is 2.52. The van der Waals surface area contributed by atoms with Gasteiger partial charge in [-0.05, 0) is 67.2 Å². The molecule has 0 spiro atoms. The van der Waals surface area contributed by atoms with E-state index in [1.807, 2.05) is 0 Å². The molecule has 0 N–H and O–H groups in total. The summed E-state index contributed by atoms with van der Waals surface area (Å²) in [6, 6.07) is 0. The average molecular weight is 399 g/mol. The Morgan fingerprint density at radius 1 is 0.500 bits per heavy atom. The largest absolute Gasteiger partial charge is 0.392 e. The standard InChI is InChI=1S/C22H38O6/c1-11-21(12-2,17(25)27-15(23)19(5,6)7)22(13-3,14-4)18(26)28-16(24)20(8,9)10/h11-14H2,1-10H3. The van der Waals surface area contributed by atoms with E-state index in [-0.39, 0.29) is 25.7 Å². The Labute approximate surface area is 169 Å². The van der Waals surface area contributed by atoms with Crippen molar-refractivity contribution in [2.24, 2.45) is 21.7 Å². The SMILES string of the molecule is CCC(CC)(C(=O)OC(=O)C(C)(C)C)C(CC)(CC)C(=O)OC(=O)C(C)(C)C. The molecule has 6 heteroatoms. The Hall–Kier alpha value is -1.72. The highest BCUT2D eigenvalue weighted by Gasteiger charge is 2.60.